The van der Waals surface area contributed by atoms with Crippen LogP contribution in [0.5, 0.6) is 0 Å². The Morgan fingerprint density at radius 1 is 1.30 bits per heavy atom. The molecule has 0 bridgehead atoms. The Kier molecular flexibility index (Phi) is 7.40. The summed E-state index contributed by atoms with van der Waals surface area (Å²) in [6.07, 6.45) is 1.85. The third kappa shape index (κ3) is 4.15. The minimum Gasteiger partial charge on any atom is -0.356 e. The molecule has 0 aliphatic carbocycles. The van der Waals surface area contributed by atoms with Gasteiger partial charge in [-0.15, -0.1) is 0 Å². The predicted molar refractivity (Wildman–Crippen MR) is 82.8 cm³/mol. The largest absolute Gasteiger partial charge is 0.356 e. The van der Waals surface area contributed by atoms with Crippen LogP contribution in [-0.4, -0.2) is 74.6 Å². The zero-order valence-corrected chi connectivity index (χ0v) is 13.9. The van der Waals surface area contributed by atoms with Crippen LogP contribution >= 0.6 is 0 Å². The Morgan fingerprint density at radius 3 is 2.35 bits per heavy atom. The first-order valence-corrected chi connectivity index (χ1v) is 7.79. The van der Waals surface area contributed by atoms with Crippen LogP contribution in [-0.2, 0) is 9.47 Å². The highest BCUT2D eigenvalue weighted by Gasteiger charge is 2.39. The van der Waals surface area contributed by atoms with Crippen LogP contribution in [0.1, 0.15) is 33.6 Å². The topological polar surface area (TPSA) is 51.0 Å². The standard InChI is InChI=1S/C15H33N3O2/c1-6-17(7-2)13-8-9-18(11-13)15(3,12-16)10-14(19-4)20-5/h13-14H,6-12,16H2,1-5H3. The summed E-state index contributed by atoms with van der Waals surface area (Å²) in [4.78, 5) is 5.06. The Labute approximate surface area is 124 Å². The summed E-state index contributed by atoms with van der Waals surface area (Å²) in [7, 11) is 3.38. The van der Waals surface area contributed by atoms with Gasteiger partial charge in [-0.05, 0) is 26.4 Å². The van der Waals surface area contributed by atoms with Gasteiger partial charge in [0.05, 0.1) is 0 Å². The molecule has 120 valence electrons. The van der Waals surface area contributed by atoms with Crippen molar-refractivity contribution in [3.8, 4) is 0 Å². The van der Waals surface area contributed by atoms with Crippen LogP contribution < -0.4 is 5.73 Å². The van der Waals surface area contributed by atoms with E-state index in [1.54, 1.807) is 14.2 Å². The Bertz CT molecular complexity index is 270. The monoisotopic (exact) mass is 287 g/mol. The molecule has 0 aromatic carbocycles. The lowest BCUT2D eigenvalue weighted by Crippen LogP contribution is -2.53. The summed E-state index contributed by atoms with van der Waals surface area (Å²) >= 11 is 0. The minimum absolute atomic E-state index is 0.0570. The molecule has 5 heteroatoms. The van der Waals surface area contributed by atoms with Crippen molar-refractivity contribution in [2.24, 2.45) is 5.73 Å². The molecule has 5 nitrogen and oxygen atoms in total. The van der Waals surface area contributed by atoms with Gasteiger partial charge in [-0.2, -0.15) is 0 Å². The lowest BCUT2D eigenvalue weighted by atomic mass is 9.95. The second-order valence-electron chi connectivity index (χ2n) is 5.92. The van der Waals surface area contributed by atoms with Crippen LogP contribution in [0.4, 0.5) is 0 Å². The molecule has 1 rings (SSSR count). The highest BCUT2D eigenvalue weighted by molar-refractivity contribution is 4.95. The fourth-order valence-corrected chi connectivity index (χ4v) is 3.23. The van der Waals surface area contributed by atoms with E-state index in [0.717, 1.165) is 32.6 Å². The van der Waals surface area contributed by atoms with E-state index in [4.69, 9.17) is 15.2 Å². The summed E-state index contributed by atoms with van der Waals surface area (Å²) in [5.74, 6) is 0. The van der Waals surface area contributed by atoms with E-state index in [1.807, 2.05) is 0 Å². The molecule has 0 aromatic rings. The summed E-state index contributed by atoms with van der Waals surface area (Å²) in [5, 5.41) is 0. The van der Waals surface area contributed by atoms with E-state index in [-0.39, 0.29) is 11.8 Å². The van der Waals surface area contributed by atoms with Gasteiger partial charge >= 0.3 is 0 Å². The van der Waals surface area contributed by atoms with Gasteiger partial charge in [-0.1, -0.05) is 13.8 Å². The molecule has 1 aliphatic heterocycles. The van der Waals surface area contributed by atoms with E-state index < -0.39 is 0 Å². The number of nitrogens with two attached hydrogens (primary N) is 1. The van der Waals surface area contributed by atoms with Crippen LogP contribution in [0.25, 0.3) is 0 Å². The van der Waals surface area contributed by atoms with Crippen LogP contribution in [0.2, 0.25) is 0 Å². The van der Waals surface area contributed by atoms with Gasteiger partial charge in [-0.25, -0.2) is 0 Å². The molecule has 20 heavy (non-hydrogen) atoms. The highest BCUT2D eigenvalue weighted by atomic mass is 16.7. The lowest BCUT2D eigenvalue weighted by molar-refractivity contribution is -0.127. The Morgan fingerprint density at radius 2 is 1.90 bits per heavy atom. The summed E-state index contributed by atoms with van der Waals surface area (Å²) in [6.45, 7) is 11.8. The number of nitrogens with zero attached hydrogens (tertiary/aromatic N) is 2. The number of likely N-dealkylation sites (tertiary alicyclic amines) is 1. The second-order valence-corrected chi connectivity index (χ2v) is 5.92. The molecule has 0 amide bonds. The molecule has 0 saturated carbocycles. The van der Waals surface area contributed by atoms with Gasteiger partial charge in [-0.3, -0.25) is 9.80 Å². The third-order valence-electron chi connectivity index (χ3n) is 4.83. The fraction of sp³-hybridized carbons (Fsp3) is 1.00. The molecule has 1 saturated heterocycles. The first kappa shape index (κ1) is 17.9. The van der Waals surface area contributed by atoms with Crippen molar-refractivity contribution >= 4 is 0 Å². The van der Waals surface area contributed by atoms with Crippen molar-refractivity contribution in [1.29, 1.82) is 0 Å². The molecular formula is C15H33N3O2. The maximum Gasteiger partial charge on any atom is 0.158 e. The maximum absolute atomic E-state index is 6.06. The zero-order chi connectivity index (χ0) is 15.2. The summed E-state index contributed by atoms with van der Waals surface area (Å²) in [5.41, 5.74) is 6.01. The van der Waals surface area contributed by atoms with Crippen LogP contribution in [0.3, 0.4) is 0 Å². The molecule has 2 atom stereocenters. The lowest BCUT2D eigenvalue weighted by Gasteiger charge is -2.40. The van der Waals surface area contributed by atoms with Crippen molar-refractivity contribution in [3.05, 3.63) is 0 Å². The number of ether oxygens (including phenoxy) is 2. The second kappa shape index (κ2) is 8.29. The zero-order valence-electron chi connectivity index (χ0n) is 13.9. The van der Waals surface area contributed by atoms with E-state index >= 15 is 0 Å². The molecule has 2 unspecified atom stereocenters. The van der Waals surface area contributed by atoms with Crippen molar-refractivity contribution in [2.45, 2.75) is 51.5 Å². The molecular weight excluding hydrogens is 254 g/mol. The van der Waals surface area contributed by atoms with Gasteiger partial charge in [0.15, 0.2) is 6.29 Å². The Balaban J connectivity index is 2.66. The summed E-state index contributed by atoms with van der Waals surface area (Å²) < 4.78 is 10.7. The average Bonchev–Trinajstić information content (AvgIpc) is 2.96. The number of hydrogen-bond acceptors (Lipinski definition) is 5. The van der Waals surface area contributed by atoms with Crippen molar-refractivity contribution in [2.75, 3.05) is 46.9 Å². The average molecular weight is 287 g/mol. The van der Waals surface area contributed by atoms with Crippen molar-refractivity contribution in [3.63, 3.8) is 0 Å². The predicted octanol–water partition coefficient (Wildman–Crippen LogP) is 1.13. The number of hydrogen-bond donors (Lipinski definition) is 1. The van der Waals surface area contributed by atoms with Gasteiger partial charge in [0, 0.05) is 51.9 Å². The highest BCUT2D eigenvalue weighted by Crippen LogP contribution is 2.28. The quantitative estimate of drug-likeness (QED) is 0.644. The van der Waals surface area contributed by atoms with E-state index in [1.165, 1.54) is 6.42 Å². The smallest absolute Gasteiger partial charge is 0.158 e. The minimum atomic E-state index is -0.184. The number of rotatable bonds is 9. The molecule has 1 heterocycles. The van der Waals surface area contributed by atoms with Crippen LogP contribution in [0, 0.1) is 0 Å². The van der Waals surface area contributed by atoms with Gasteiger partial charge in [0.2, 0.25) is 0 Å². The fourth-order valence-electron chi connectivity index (χ4n) is 3.23. The van der Waals surface area contributed by atoms with Crippen LogP contribution in [0.15, 0.2) is 0 Å². The summed E-state index contributed by atoms with van der Waals surface area (Å²) in [6, 6.07) is 0.652. The first-order chi connectivity index (χ1) is 9.54. The van der Waals surface area contributed by atoms with Gasteiger partial charge in [0.1, 0.15) is 0 Å². The molecule has 1 aliphatic rings. The first-order valence-electron chi connectivity index (χ1n) is 7.79. The molecule has 0 spiro atoms. The third-order valence-corrected chi connectivity index (χ3v) is 4.83. The normalized spacial score (nSPS) is 23.7. The molecule has 1 fully saturated rings. The molecule has 0 aromatic heterocycles. The van der Waals surface area contributed by atoms with Gasteiger partial charge in [0.25, 0.3) is 0 Å². The number of likely N-dealkylation sites (N-methyl/N-ethyl adjacent to an activating group) is 1. The maximum atomic E-state index is 6.06. The van der Waals surface area contributed by atoms with E-state index in [2.05, 4.69) is 30.6 Å². The van der Waals surface area contributed by atoms with E-state index in [9.17, 15) is 0 Å². The Hall–Kier alpha value is -0.200. The molecule has 0 radical (unpaired) electrons. The molecule has 2 N–H and O–H groups in total. The van der Waals surface area contributed by atoms with Gasteiger partial charge < -0.3 is 15.2 Å². The van der Waals surface area contributed by atoms with Crippen molar-refractivity contribution in [1.82, 2.24) is 9.80 Å². The van der Waals surface area contributed by atoms with Crippen molar-refractivity contribution < 1.29 is 9.47 Å². The SMILES string of the molecule is CCN(CC)C1CCN(C(C)(CN)CC(OC)OC)C1. The van der Waals surface area contributed by atoms with E-state index in [0.29, 0.717) is 12.6 Å². The number of methoxy groups -OCH3 is 2.